The lowest BCUT2D eigenvalue weighted by Gasteiger charge is -2.32. The number of pyridine rings is 1. The van der Waals surface area contributed by atoms with E-state index in [1.807, 2.05) is 12.1 Å². The van der Waals surface area contributed by atoms with Gasteiger partial charge in [-0.3, -0.25) is 9.78 Å². The number of benzene rings is 1. The summed E-state index contributed by atoms with van der Waals surface area (Å²) in [5, 5.41) is 3.45. The van der Waals surface area contributed by atoms with Crippen LogP contribution in [0.25, 0.3) is 0 Å². The average Bonchev–Trinajstić information content (AvgIpc) is 3.29. The molecule has 0 aliphatic heterocycles. The third-order valence-corrected chi connectivity index (χ3v) is 7.28. The minimum absolute atomic E-state index is 0.0942. The van der Waals surface area contributed by atoms with Gasteiger partial charge in [-0.25, -0.2) is 0 Å². The molecule has 0 saturated heterocycles. The summed E-state index contributed by atoms with van der Waals surface area (Å²) in [6.07, 6.45) is -0.786. The van der Waals surface area contributed by atoms with E-state index >= 15 is 0 Å². The van der Waals surface area contributed by atoms with Gasteiger partial charge < -0.3 is 16.0 Å². The number of nitrogens with one attached hydrogen (secondary N) is 1. The molecule has 2 aliphatic rings. The van der Waals surface area contributed by atoms with E-state index in [9.17, 15) is 18.0 Å². The Kier molecular flexibility index (Phi) is 6.16. The maximum absolute atomic E-state index is 14.0. The van der Waals surface area contributed by atoms with Gasteiger partial charge in [0.15, 0.2) is 6.04 Å². The number of amides is 1. The van der Waals surface area contributed by atoms with Gasteiger partial charge in [0.25, 0.3) is 0 Å². The van der Waals surface area contributed by atoms with Crippen molar-refractivity contribution in [1.29, 1.82) is 0 Å². The molecule has 4 atom stereocenters. The number of aromatic nitrogens is 1. The van der Waals surface area contributed by atoms with Crippen LogP contribution in [0.15, 0.2) is 42.6 Å². The number of anilines is 1. The molecule has 0 bridgehead atoms. The van der Waals surface area contributed by atoms with Crippen LogP contribution in [0.1, 0.15) is 56.0 Å². The van der Waals surface area contributed by atoms with E-state index < -0.39 is 24.0 Å². The molecule has 2 aromatic rings. The van der Waals surface area contributed by atoms with Crippen LogP contribution in [0.3, 0.4) is 0 Å². The summed E-state index contributed by atoms with van der Waals surface area (Å²) < 4.78 is 42.0. The van der Waals surface area contributed by atoms with E-state index in [1.54, 1.807) is 6.07 Å². The molecule has 5 nitrogen and oxygen atoms in total. The van der Waals surface area contributed by atoms with Crippen LogP contribution < -0.4 is 11.1 Å². The Morgan fingerprint density at radius 3 is 2.52 bits per heavy atom. The zero-order chi connectivity index (χ0) is 24.0. The van der Waals surface area contributed by atoms with Crippen molar-refractivity contribution < 1.29 is 18.0 Å². The van der Waals surface area contributed by atoms with Gasteiger partial charge >= 0.3 is 6.18 Å². The molecule has 1 aromatic carbocycles. The molecular weight excluding hydrogens is 429 g/mol. The molecule has 178 valence electrons. The normalized spacial score (nSPS) is 24.9. The number of hydrogen-bond donors (Lipinski definition) is 2. The van der Waals surface area contributed by atoms with E-state index in [1.165, 1.54) is 30.4 Å². The molecule has 0 spiro atoms. The first kappa shape index (κ1) is 23.5. The van der Waals surface area contributed by atoms with Gasteiger partial charge in [-0.2, -0.15) is 13.2 Å². The first-order valence-electron chi connectivity index (χ1n) is 11.4. The second-order valence-corrected chi connectivity index (χ2v) is 9.91. The molecule has 3 N–H and O–H groups in total. The van der Waals surface area contributed by atoms with Crippen LogP contribution in [-0.4, -0.2) is 41.1 Å². The van der Waals surface area contributed by atoms with Crippen molar-refractivity contribution in [2.75, 3.05) is 12.4 Å². The molecule has 4 rings (SSSR count). The molecular formula is C25H31F3N4O. The molecule has 2 aliphatic carbocycles. The fourth-order valence-electron chi connectivity index (χ4n) is 5.32. The molecule has 1 aromatic heterocycles. The standard InChI is InChI=1S/C25H31F3N4O/c1-24(2)19-7-5-4-6-15(19)13-21(24)31-18-10-11-20(30-14-18)22(25(26,27)28)32(3)23(33)16-8-9-17(29)12-16/h4-7,10-11,14,16-17,21-22,31H,8-9,12-13,29H2,1-3H3/t16-,17+,21-,22?/m0/s1. The molecule has 33 heavy (non-hydrogen) atoms. The van der Waals surface area contributed by atoms with Crippen LogP contribution in [0, 0.1) is 5.92 Å². The summed E-state index contributed by atoms with van der Waals surface area (Å²) >= 11 is 0. The summed E-state index contributed by atoms with van der Waals surface area (Å²) in [4.78, 5) is 17.7. The van der Waals surface area contributed by atoms with Gasteiger partial charge in [-0.1, -0.05) is 38.1 Å². The van der Waals surface area contributed by atoms with Gasteiger partial charge in [0.2, 0.25) is 5.91 Å². The number of rotatable bonds is 5. The smallest absolute Gasteiger partial charge is 0.380 e. The minimum atomic E-state index is -4.64. The lowest BCUT2D eigenvalue weighted by Crippen LogP contribution is -2.42. The fourth-order valence-corrected chi connectivity index (χ4v) is 5.32. The number of halogens is 3. The van der Waals surface area contributed by atoms with Crippen molar-refractivity contribution in [2.24, 2.45) is 11.7 Å². The molecule has 1 fully saturated rings. The monoisotopic (exact) mass is 460 g/mol. The Balaban J connectivity index is 1.51. The molecule has 8 heteroatoms. The van der Waals surface area contributed by atoms with Crippen LogP contribution in [-0.2, 0) is 16.6 Å². The highest BCUT2D eigenvalue weighted by Gasteiger charge is 2.47. The van der Waals surface area contributed by atoms with Crippen molar-refractivity contribution in [1.82, 2.24) is 9.88 Å². The third kappa shape index (κ3) is 4.58. The summed E-state index contributed by atoms with van der Waals surface area (Å²) in [7, 11) is 1.20. The lowest BCUT2D eigenvalue weighted by molar-refractivity contribution is -0.191. The van der Waals surface area contributed by atoms with E-state index in [4.69, 9.17) is 5.73 Å². The van der Waals surface area contributed by atoms with Crippen LogP contribution >= 0.6 is 0 Å². The summed E-state index contributed by atoms with van der Waals surface area (Å²) in [5.74, 6) is -0.998. The Labute approximate surface area is 192 Å². The average molecular weight is 461 g/mol. The summed E-state index contributed by atoms with van der Waals surface area (Å²) in [6, 6.07) is 9.11. The number of nitrogens with zero attached hydrogens (tertiary/aromatic N) is 2. The van der Waals surface area contributed by atoms with Gasteiger partial charge in [0.1, 0.15) is 0 Å². The van der Waals surface area contributed by atoms with Crippen molar-refractivity contribution >= 4 is 11.6 Å². The van der Waals surface area contributed by atoms with Gasteiger partial charge in [0, 0.05) is 30.5 Å². The van der Waals surface area contributed by atoms with E-state index in [0.29, 0.717) is 24.9 Å². The highest BCUT2D eigenvalue weighted by Crippen LogP contribution is 2.41. The number of nitrogens with two attached hydrogens (primary N) is 1. The van der Waals surface area contributed by atoms with Crippen molar-refractivity contribution in [3.8, 4) is 0 Å². The van der Waals surface area contributed by atoms with Gasteiger partial charge in [-0.15, -0.1) is 0 Å². The maximum atomic E-state index is 14.0. The predicted octanol–water partition coefficient (Wildman–Crippen LogP) is 4.59. The number of fused-ring (bicyclic) bond motifs is 1. The Morgan fingerprint density at radius 1 is 1.21 bits per heavy atom. The van der Waals surface area contributed by atoms with E-state index in [0.717, 1.165) is 11.3 Å². The number of carbonyl (C=O) groups is 1. The van der Waals surface area contributed by atoms with Crippen molar-refractivity contribution in [2.45, 2.75) is 69.2 Å². The summed E-state index contributed by atoms with van der Waals surface area (Å²) in [5.41, 5.74) is 8.73. The first-order chi connectivity index (χ1) is 15.5. The molecule has 1 heterocycles. The number of hydrogen-bond acceptors (Lipinski definition) is 4. The minimum Gasteiger partial charge on any atom is -0.380 e. The quantitative estimate of drug-likeness (QED) is 0.685. The largest absolute Gasteiger partial charge is 0.414 e. The number of alkyl halides is 3. The van der Waals surface area contributed by atoms with Gasteiger partial charge in [0.05, 0.1) is 17.6 Å². The fraction of sp³-hybridized carbons (Fsp3) is 0.520. The van der Waals surface area contributed by atoms with Gasteiger partial charge in [-0.05, 0) is 48.9 Å². The second-order valence-electron chi connectivity index (χ2n) is 9.91. The van der Waals surface area contributed by atoms with Crippen LogP contribution in [0.4, 0.5) is 18.9 Å². The Bertz CT molecular complexity index is 1010. The SMILES string of the molecule is CN(C(=O)[C@H]1CC[C@@H](N)C1)C(c1ccc(N[C@H]2Cc3ccccc3C2(C)C)cn1)C(F)(F)F. The number of carbonyl (C=O) groups excluding carboxylic acids is 1. The lowest BCUT2D eigenvalue weighted by atomic mass is 9.83. The zero-order valence-corrected chi connectivity index (χ0v) is 19.2. The summed E-state index contributed by atoms with van der Waals surface area (Å²) in [6.45, 7) is 4.32. The Hall–Kier alpha value is -2.61. The topological polar surface area (TPSA) is 71.2 Å². The van der Waals surface area contributed by atoms with Crippen molar-refractivity contribution in [3.05, 3.63) is 59.4 Å². The third-order valence-electron chi connectivity index (χ3n) is 7.28. The van der Waals surface area contributed by atoms with Crippen LogP contribution in [0.2, 0.25) is 0 Å². The Morgan fingerprint density at radius 2 is 1.94 bits per heavy atom. The van der Waals surface area contributed by atoms with E-state index in [2.05, 4.69) is 36.3 Å². The first-order valence-corrected chi connectivity index (χ1v) is 11.4. The zero-order valence-electron chi connectivity index (χ0n) is 19.2. The molecule has 1 amide bonds. The molecule has 1 saturated carbocycles. The highest BCUT2D eigenvalue weighted by atomic mass is 19.4. The predicted molar refractivity (Wildman–Crippen MR) is 122 cm³/mol. The van der Waals surface area contributed by atoms with Crippen LogP contribution in [0.5, 0.6) is 0 Å². The van der Waals surface area contributed by atoms with Crippen molar-refractivity contribution in [3.63, 3.8) is 0 Å². The van der Waals surface area contributed by atoms with E-state index in [-0.39, 0.29) is 23.2 Å². The molecule has 1 unspecified atom stereocenters. The second kappa shape index (κ2) is 8.63. The highest BCUT2D eigenvalue weighted by molar-refractivity contribution is 5.79. The molecule has 0 radical (unpaired) electrons. The maximum Gasteiger partial charge on any atom is 0.414 e.